The Labute approximate surface area is 259 Å². The van der Waals surface area contributed by atoms with Crippen LogP contribution >= 0.6 is 0 Å². The standard InChI is InChI=1S/C43H24N2/c44-25-31-15-19-38-42-36(31)16-17-37-35(18-20-39(43(37)42)45(38)34-9-5-2-6-10-34)33-23-29-13-11-27-21-32(26-7-3-1-4-8-26)22-28-12-14-30(24-33)41(29)40(27)28/h1-24H. The van der Waals surface area contributed by atoms with Crippen LogP contribution in [0.1, 0.15) is 5.56 Å². The van der Waals surface area contributed by atoms with Crippen molar-refractivity contribution in [2.75, 3.05) is 0 Å². The molecule has 2 nitrogen and oxygen atoms in total. The first kappa shape index (κ1) is 24.3. The van der Waals surface area contributed by atoms with Crippen LogP contribution in [0, 0.1) is 11.3 Å². The van der Waals surface area contributed by atoms with Gasteiger partial charge in [0.2, 0.25) is 0 Å². The van der Waals surface area contributed by atoms with E-state index in [1.54, 1.807) is 0 Å². The average molecular weight is 569 g/mol. The fourth-order valence-electron chi connectivity index (χ4n) is 7.75. The lowest BCUT2D eigenvalue weighted by Gasteiger charge is -2.15. The summed E-state index contributed by atoms with van der Waals surface area (Å²) in [7, 11) is 0. The van der Waals surface area contributed by atoms with Gasteiger partial charge in [-0.25, -0.2) is 0 Å². The normalized spacial score (nSPS) is 12.0. The summed E-state index contributed by atoms with van der Waals surface area (Å²) in [6.45, 7) is 0. The van der Waals surface area contributed by atoms with Crippen molar-refractivity contribution in [3.8, 4) is 34.0 Å². The molecule has 1 aromatic heterocycles. The van der Waals surface area contributed by atoms with Gasteiger partial charge in [0.25, 0.3) is 0 Å². The first-order valence-corrected chi connectivity index (χ1v) is 15.3. The number of nitriles is 1. The van der Waals surface area contributed by atoms with Gasteiger partial charge in [0.05, 0.1) is 22.7 Å². The third-order valence-corrected chi connectivity index (χ3v) is 9.68. The molecule has 0 atom stereocenters. The molecular weight excluding hydrogens is 544 g/mol. The smallest absolute Gasteiger partial charge is 0.0998 e. The molecule has 0 N–H and O–H groups in total. The van der Waals surface area contributed by atoms with Gasteiger partial charge in [-0.15, -0.1) is 0 Å². The molecular formula is C43H24N2. The monoisotopic (exact) mass is 568 g/mol. The van der Waals surface area contributed by atoms with Crippen molar-refractivity contribution in [1.29, 1.82) is 5.26 Å². The van der Waals surface area contributed by atoms with E-state index in [-0.39, 0.29) is 0 Å². The number of rotatable bonds is 3. The lowest BCUT2D eigenvalue weighted by atomic mass is 9.88. The van der Waals surface area contributed by atoms with Crippen molar-refractivity contribution >= 4 is 64.9 Å². The topological polar surface area (TPSA) is 28.7 Å². The van der Waals surface area contributed by atoms with E-state index in [4.69, 9.17) is 0 Å². The third kappa shape index (κ3) is 3.33. The largest absolute Gasteiger partial charge is 0.309 e. The molecule has 0 saturated heterocycles. The second-order valence-electron chi connectivity index (χ2n) is 12.1. The van der Waals surface area contributed by atoms with Gasteiger partial charge in [0.1, 0.15) is 0 Å². The lowest BCUT2D eigenvalue weighted by molar-refractivity contribution is 1.18. The highest BCUT2D eigenvalue weighted by Crippen LogP contribution is 2.45. The van der Waals surface area contributed by atoms with Crippen molar-refractivity contribution in [3.63, 3.8) is 0 Å². The van der Waals surface area contributed by atoms with E-state index in [1.165, 1.54) is 65.3 Å². The minimum absolute atomic E-state index is 0.709. The van der Waals surface area contributed by atoms with Crippen molar-refractivity contribution in [2.24, 2.45) is 0 Å². The van der Waals surface area contributed by atoms with Crippen LogP contribution < -0.4 is 0 Å². The number of para-hydroxylation sites is 1. The summed E-state index contributed by atoms with van der Waals surface area (Å²) in [4.78, 5) is 0. The Morgan fingerprint density at radius 1 is 0.422 bits per heavy atom. The van der Waals surface area contributed by atoms with Crippen molar-refractivity contribution in [2.45, 2.75) is 0 Å². The Morgan fingerprint density at radius 3 is 1.58 bits per heavy atom. The molecule has 0 radical (unpaired) electrons. The zero-order chi connectivity index (χ0) is 29.6. The Bertz CT molecular complexity index is 2730. The van der Waals surface area contributed by atoms with Crippen molar-refractivity contribution < 1.29 is 0 Å². The van der Waals surface area contributed by atoms with Crippen LogP contribution in [0.5, 0.6) is 0 Å². The van der Waals surface area contributed by atoms with Crippen molar-refractivity contribution in [1.82, 2.24) is 4.57 Å². The second-order valence-corrected chi connectivity index (χ2v) is 12.1. The highest BCUT2D eigenvalue weighted by molar-refractivity contribution is 6.28. The van der Waals surface area contributed by atoms with Crippen LogP contribution in [0.15, 0.2) is 146 Å². The van der Waals surface area contributed by atoms with Crippen LogP contribution in [-0.4, -0.2) is 4.57 Å². The maximum absolute atomic E-state index is 9.97. The zero-order valence-electron chi connectivity index (χ0n) is 24.3. The van der Waals surface area contributed by atoms with Crippen LogP contribution in [0.3, 0.4) is 0 Å². The van der Waals surface area contributed by atoms with Crippen LogP contribution in [0.2, 0.25) is 0 Å². The maximum Gasteiger partial charge on any atom is 0.0998 e. The average Bonchev–Trinajstić information content (AvgIpc) is 3.45. The van der Waals surface area contributed by atoms with Gasteiger partial charge in [-0.2, -0.15) is 5.26 Å². The maximum atomic E-state index is 9.97. The summed E-state index contributed by atoms with van der Waals surface area (Å²) < 4.78 is 2.33. The molecule has 45 heavy (non-hydrogen) atoms. The summed E-state index contributed by atoms with van der Waals surface area (Å²) in [5.41, 5.74) is 8.99. The molecule has 0 aliphatic carbocycles. The van der Waals surface area contributed by atoms with E-state index in [0.29, 0.717) is 5.56 Å². The van der Waals surface area contributed by atoms with Gasteiger partial charge in [-0.3, -0.25) is 0 Å². The SMILES string of the molecule is N#Cc1ccc2c3c1ccc1c(-c4cc5ccc6cc(-c7ccccc7)cc7ccc(c4)c5c67)ccc(c13)n2-c1ccccc1. The van der Waals surface area contributed by atoms with Gasteiger partial charge in [0, 0.05) is 21.8 Å². The van der Waals surface area contributed by atoms with Crippen LogP contribution in [-0.2, 0) is 0 Å². The summed E-state index contributed by atoms with van der Waals surface area (Å²) in [5, 5.41) is 22.2. The Hall–Kier alpha value is -6.17. The van der Waals surface area contributed by atoms with Gasteiger partial charge in [-0.1, -0.05) is 91.0 Å². The Kier molecular flexibility index (Phi) is 4.82. The molecule has 0 amide bonds. The van der Waals surface area contributed by atoms with Gasteiger partial charge >= 0.3 is 0 Å². The molecule has 1 heterocycles. The minimum atomic E-state index is 0.709. The number of aromatic nitrogens is 1. The highest BCUT2D eigenvalue weighted by atomic mass is 15.0. The molecule has 0 aliphatic heterocycles. The van der Waals surface area contributed by atoms with E-state index in [0.717, 1.165) is 27.5 Å². The molecule has 0 saturated carbocycles. The summed E-state index contributed by atoms with van der Waals surface area (Å²) in [6.07, 6.45) is 0. The lowest BCUT2D eigenvalue weighted by Crippen LogP contribution is -1.93. The van der Waals surface area contributed by atoms with E-state index in [2.05, 4.69) is 150 Å². The van der Waals surface area contributed by atoms with E-state index < -0.39 is 0 Å². The molecule has 9 aromatic carbocycles. The van der Waals surface area contributed by atoms with Crippen molar-refractivity contribution in [3.05, 3.63) is 151 Å². The second kappa shape index (κ2) is 8.92. The molecule has 2 heteroatoms. The predicted molar refractivity (Wildman–Crippen MR) is 189 cm³/mol. The van der Waals surface area contributed by atoms with Gasteiger partial charge < -0.3 is 4.57 Å². The molecule has 0 spiro atoms. The Balaban J connectivity index is 1.24. The number of hydrogen-bond donors (Lipinski definition) is 0. The molecule has 206 valence electrons. The summed E-state index contributed by atoms with van der Waals surface area (Å²) >= 11 is 0. The molecule has 0 bridgehead atoms. The van der Waals surface area contributed by atoms with E-state index >= 15 is 0 Å². The Morgan fingerprint density at radius 2 is 0.956 bits per heavy atom. The number of benzene rings is 9. The van der Waals surface area contributed by atoms with E-state index in [1.807, 2.05) is 6.07 Å². The first-order valence-electron chi connectivity index (χ1n) is 15.3. The van der Waals surface area contributed by atoms with Crippen LogP contribution in [0.4, 0.5) is 0 Å². The molecule has 10 rings (SSSR count). The quantitative estimate of drug-likeness (QED) is 0.195. The fourth-order valence-corrected chi connectivity index (χ4v) is 7.75. The minimum Gasteiger partial charge on any atom is -0.309 e. The highest BCUT2D eigenvalue weighted by Gasteiger charge is 2.21. The van der Waals surface area contributed by atoms with Crippen LogP contribution in [0.25, 0.3) is 92.8 Å². The first-order chi connectivity index (χ1) is 22.3. The molecule has 0 fully saturated rings. The van der Waals surface area contributed by atoms with E-state index in [9.17, 15) is 5.26 Å². The molecule has 10 aromatic rings. The zero-order valence-corrected chi connectivity index (χ0v) is 24.3. The predicted octanol–water partition coefficient (Wildman–Crippen LogP) is 11.5. The molecule has 0 aliphatic rings. The summed E-state index contributed by atoms with van der Waals surface area (Å²) in [6, 6.07) is 54.9. The number of hydrogen-bond acceptors (Lipinski definition) is 1. The molecule has 0 unspecified atom stereocenters. The van der Waals surface area contributed by atoms with Gasteiger partial charge in [0.15, 0.2) is 0 Å². The summed E-state index contributed by atoms with van der Waals surface area (Å²) in [5.74, 6) is 0. The van der Waals surface area contributed by atoms with Gasteiger partial charge in [-0.05, 0) is 115 Å². The number of nitrogens with zero attached hydrogens (tertiary/aromatic N) is 2. The fraction of sp³-hybridized carbons (Fsp3) is 0. The third-order valence-electron chi connectivity index (χ3n) is 9.68.